The van der Waals surface area contributed by atoms with Crippen molar-refractivity contribution in [1.29, 1.82) is 0 Å². The smallest absolute Gasteiger partial charge is 0.217 e. The Bertz CT molecular complexity index is 234. The third-order valence-electron chi connectivity index (χ3n) is 4.10. The average molecular weight is 318 g/mol. The lowest BCUT2D eigenvalue weighted by molar-refractivity contribution is -0.118. The maximum absolute atomic E-state index is 10.6. The van der Waals surface area contributed by atoms with E-state index in [2.05, 4.69) is 6.92 Å². The zero-order chi connectivity index (χ0) is 15.8. The van der Waals surface area contributed by atoms with Crippen LogP contribution in [-0.2, 0) is 4.79 Å². The Morgan fingerprint density at radius 3 is 1.68 bits per heavy atom. The molecule has 0 aromatic carbocycles. The summed E-state index contributed by atoms with van der Waals surface area (Å²) in [4.78, 5) is 10.6. The van der Waals surface area contributed by atoms with Gasteiger partial charge in [-0.2, -0.15) is 0 Å². The number of hydrogen-bond acceptors (Lipinski definition) is 2. The molecule has 134 valence electrons. The number of hydrogen-bond donors (Lipinski definition) is 2. The van der Waals surface area contributed by atoms with Crippen molar-refractivity contribution in [2.75, 3.05) is 0 Å². The van der Waals surface area contributed by atoms with Gasteiger partial charge in [0.25, 0.3) is 0 Å². The van der Waals surface area contributed by atoms with Crippen LogP contribution in [0.4, 0.5) is 0 Å². The lowest BCUT2D eigenvalue weighted by Gasteiger charge is -2.10. The maximum atomic E-state index is 10.6. The molecule has 5 N–H and O–H groups in total. The predicted molar refractivity (Wildman–Crippen MR) is 93.7 cm³/mol. The van der Waals surface area contributed by atoms with Crippen LogP contribution in [0.15, 0.2) is 0 Å². The first kappa shape index (κ1) is 23.7. The van der Waals surface area contributed by atoms with E-state index in [0.29, 0.717) is 6.42 Å². The lowest BCUT2D eigenvalue weighted by atomic mass is 10.0. The number of aliphatic hydroxyl groups is 1. The first-order valence-corrected chi connectivity index (χ1v) is 9.13. The molecule has 0 spiro atoms. The molecular weight excluding hydrogens is 278 g/mol. The Morgan fingerprint density at radius 1 is 0.818 bits per heavy atom. The minimum atomic E-state index is -0.178. The van der Waals surface area contributed by atoms with Gasteiger partial charge >= 0.3 is 0 Å². The number of carbonyl (C=O) groups excluding carboxylic acids is 1. The van der Waals surface area contributed by atoms with Crippen LogP contribution in [0.3, 0.4) is 0 Å². The Morgan fingerprint density at radius 2 is 1.23 bits per heavy atom. The normalized spacial score (nSPS) is 11.9. The molecule has 0 aliphatic heterocycles. The van der Waals surface area contributed by atoms with Crippen LogP contribution in [0.5, 0.6) is 0 Å². The first-order valence-electron chi connectivity index (χ1n) is 9.13. The van der Waals surface area contributed by atoms with E-state index in [4.69, 9.17) is 5.73 Å². The minimum absolute atomic E-state index is 0. The molecule has 4 heteroatoms. The van der Waals surface area contributed by atoms with Crippen LogP contribution in [0.25, 0.3) is 0 Å². The third-order valence-corrected chi connectivity index (χ3v) is 4.10. The van der Waals surface area contributed by atoms with Gasteiger partial charge < -0.3 is 16.3 Å². The van der Waals surface area contributed by atoms with Crippen LogP contribution in [0.2, 0.25) is 0 Å². The summed E-state index contributed by atoms with van der Waals surface area (Å²) in [7, 11) is 0. The fourth-order valence-corrected chi connectivity index (χ4v) is 2.69. The van der Waals surface area contributed by atoms with E-state index in [0.717, 1.165) is 32.1 Å². The Kier molecular flexibility index (Phi) is 19.8. The summed E-state index contributed by atoms with van der Waals surface area (Å²) in [5, 5.41) is 9.86. The van der Waals surface area contributed by atoms with Gasteiger partial charge in [-0.25, -0.2) is 0 Å². The Hall–Kier alpha value is -0.610. The molecule has 1 atom stereocenters. The molecule has 0 fully saturated rings. The van der Waals surface area contributed by atoms with Gasteiger partial charge in [-0.15, -0.1) is 0 Å². The average Bonchev–Trinajstić information content (AvgIpc) is 2.45. The van der Waals surface area contributed by atoms with Crippen LogP contribution in [-0.4, -0.2) is 22.6 Å². The molecule has 0 aromatic rings. The van der Waals surface area contributed by atoms with Crippen LogP contribution < -0.4 is 5.73 Å². The number of carbonyl (C=O) groups is 1. The lowest BCUT2D eigenvalue weighted by Crippen LogP contribution is -2.09. The second-order valence-corrected chi connectivity index (χ2v) is 6.34. The van der Waals surface area contributed by atoms with Gasteiger partial charge in [0.1, 0.15) is 0 Å². The van der Waals surface area contributed by atoms with E-state index >= 15 is 0 Å². The van der Waals surface area contributed by atoms with Crippen LogP contribution in [0.1, 0.15) is 103 Å². The van der Waals surface area contributed by atoms with Crippen molar-refractivity contribution in [2.45, 2.75) is 109 Å². The summed E-state index contributed by atoms with van der Waals surface area (Å²) in [5.41, 5.74) is 5.10. The molecule has 1 amide bonds. The highest BCUT2D eigenvalue weighted by Crippen LogP contribution is 2.14. The van der Waals surface area contributed by atoms with Crippen molar-refractivity contribution in [1.82, 2.24) is 0 Å². The van der Waals surface area contributed by atoms with Crippen molar-refractivity contribution < 1.29 is 15.4 Å². The van der Waals surface area contributed by atoms with Crippen molar-refractivity contribution in [3.05, 3.63) is 0 Å². The van der Waals surface area contributed by atoms with Crippen molar-refractivity contribution in [3.63, 3.8) is 0 Å². The first-order chi connectivity index (χ1) is 10.2. The number of aliphatic hydroxyl groups excluding tert-OH is 1. The number of nitrogens with two attached hydrogens (primary N) is 1. The largest absolute Gasteiger partial charge is 0.412 e. The topological polar surface area (TPSA) is 94.8 Å². The molecule has 0 radical (unpaired) electrons. The molecule has 0 rings (SSSR count). The molecule has 0 heterocycles. The summed E-state index contributed by atoms with van der Waals surface area (Å²) < 4.78 is 0. The minimum Gasteiger partial charge on any atom is -0.412 e. The monoisotopic (exact) mass is 317 g/mol. The highest BCUT2D eigenvalue weighted by molar-refractivity contribution is 5.73. The fourth-order valence-electron chi connectivity index (χ4n) is 2.69. The Labute approximate surface area is 137 Å². The van der Waals surface area contributed by atoms with Crippen molar-refractivity contribution >= 4 is 5.91 Å². The SMILES string of the molecule is CCCCCCC(O)CCCCCCCCCCC(N)=O.O. The quantitative estimate of drug-likeness (QED) is 0.423. The summed E-state index contributed by atoms with van der Waals surface area (Å²) in [5.74, 6) is -0.178. The highest BCUT2D eigenvalue weighted by Gasteiger charge is 2.03. The van der Waals surface area contributed by atoms with E-state index in [1.54, 1.807) is 0 Å². The van der Waals surface area contributed by atoms with Gasteiger partial charge in [0.15, 0.2) is 0 Å². The number of primary amides is 1. The molecule has 0 aromatic heterocycles. The zero-order valence-electron chi connectivity index (χ0n) is 14.6. The molecule has 0 saturated heterocycles. The molecule has 4 nitrogen and oxygen atoms in total. The Balaban J connectivity index is 0. The molecular formula is C18H39NO3. The molecule has 0 bridgehead atoms. The van der Waals surface area contributed by atoms with Gasteiger partial charge in [-0.05, 0) is 19.3 Å². The summed E-state index contributed by atoms with van der Waals surface area (Å²) >= 11 is 0. The standard InChI is InChI=1S/C18H37NO2.H2O/c1-2-3-4-11-14-17(20)15-12-9-7-5-6-8-10-13-16-18(19)21;/h17,20H,2-16H2,1H3,(H2,19,21);1H2. The number of unbranched alkanes of at least 4 members (excludes halogenated alkanes) is 10. The summed E-state index contributed by atoms with van der Waals surface area (Å²) in [6.45, 7) is 2.22. The number of amides is 1. The summed E-state index contributed by atoms with van der Waals surface area (Å²) in [6.07, 6.45) is 16.9. The molecule has 0 aliphatic rings. The molecule has 0 saturated carbocycles. The highest BCUT2D eigenvalue weighted by atomic mass is 16.3. The van der Waals surface area contributed by atoms with Gasteiger partial charge in [-0.1, -0.05) is 77.6 Å². The van der Waals surface area contributed by atoms with Crippen molar-refractivity contribution in [3.8, 4) is 0 Å². The van der Waals surface area contributed by atoms with E-state index < -0.39 is 0 Å². The van der Waals surface area contributed by atoms with Crippen molar-refractivity contribution in [2.24, 2.45) is 5.73 Å². The van der Waals surface area contributed by atoms with Gasteiger partial charge in [0.05, 0.1) is 6.10 Å². The van der Waals surface area contributed by atoms with Gasteiger partial charge in [-0.3, -0.25) is 4.79 Å². The van der Waals surface area contributed by atoms with E-state index in [9.17, 15) is 9.90 Å². The second-order valence-electron chi connectivity index (χ2n) is 6.34. The zero-order valence-corrected chi connectivity index (χ0v) is 14.6. The molecule has 1 unspecified atom stereocenters. The van der Waals surface area contributed by atoms with E-state index in [1.165, 1.54) is 57.8 Å². The van der Waals surface area contributed by atoms with Crippen LogP contribution >= 0.6 is 0 Å². The third kappa shape index (κ3) is 19.4. The summed E-state index contributed by atoms with van der Waals surface area (Å²) in [6, 6.07) is 0. The second kappa shape index (κ2) is 18.4. The number of rotatable bonds is 16. The fraction of sp³-hybridized carbons (Fsp3) is 0.944. The van der Waals surface area contributed by atoms with Gasteiger partial charge in [0, 0.05) is 6.42 Å². The van der Waals surface area contributed by atoms with Crippen LogP contribution in [0, 0.1) is 0 Å². The predicted octanol–water partition coefficient (Wildman–Crippen LogP) is 3.88. The molecule has 22 heavy (non-hydrogen) atoms. The van der Waals surface area contributed by atoms with Gasteiger partial charge in [0.2, 0.25) is 5.91 Å². The van der Waals surface area contributed by atoms with E-state index in [-0.39, 0.29) is 17.5 Å². The molecule has 0 aliphatic carbocycles. The maximum Gasteiger partial charge on any atom is 0.217 e. The van der Waals surface area contributed by atoms with E-state index in [1.807, 2.05) is 0 Å².